The van der Waals surface area contributed by atoms with Gasteiger partial charge in [-0.1, -0.05) is 12.8 Å². The molecule has 2 aliphatic carbocycles. The lowest BCUT2D eigenvalue weighted by Crippen LogP contribution is -2.27. The molecule has 1 N–H and O–H groups in total. The summed E-state index contributed by atoms with van der Waals surface area (Å²) in [5, 5.41) is 3.47. The molecule has 1 unspecified atom stereocenters. The van der Waals surface area contributed by atoms with E-state index in [4.69, 9.17) is 4.98 Å². The summed E-state index contributed by atoms with van der Waals surface area (Å²) in [6.07, 6.45) is 9.62. The Labute approximate surface area is 115 Å². The quantitative estimate of drug-likeness (QED) is 0.903. The monoisotopic (exact) mass is 259 g/mol. The zero-order valence-electron chi connectivity index (χ0n) is 12.0. The van der Waals surface area contributed by atoms with Crippen molar-refractivity contribution in [3.8, 4) is 0 Å². The molecule has 1 atom stereocenters. The molecule has 2 fully saturated rings. The Bertz CT molecular complexity index is 467. The summed E-state index contributed by atoms with van der Waals surface area (Å²) < 4.78 is 2.67. The molecule has 3 nitrogen and oxygen atoms in total. The number of fused-ring (bicyclic) bond motifs is 1. The largest absolute Gasteiger partial charge is 0.328 e. The van der Waals surface area contributed by atoms with Gasteiger partial charge in [0.1, 0.15) is 5.82 Å². The van der Waals surface area contributed by atoms with Crippen LogP contribution in [0.4, 0.5) is 0 Å². The maximum atomic E-state index is 5.01. The minimum Gasteiger partial charge on any atom is -0.328 e. The van der Waals surface area contributed by atoms with E-state index in [9.17, 15) is 0 Å². The van der Waals surface area contributed by atoms with E-state index in [0.717, 1.165) is 24.9 Å². The van der Waals surface area contributed by atoms with Gasteiger partial charge in [-0.2, -0.15) is 0 Å². The van der Waals surface area contributed by atoms with E-state index < -0.39 is 0 Å². The minimum absolute atomic E-state index is 0.674. The smallest absolute Gasteiger partial charge is 0.112 e. The van der Waals surface area contributed by atoms with Gasteiger partial charge < -0.3 is 9.88 Å². The Morgan fingerprint density at radius 1 is 1.21 bits per heavy atom. The highest BCUT2D eigenvalue weighted by atomic mass is 15.2. The summed E-state index contributed by atoms with van der Waals surface area (Å²) in [6, 6.07) is 0.674. The average Bonchev–Trinajstić information content (AvgIpc) is 3.01. The number of aromatic nitrogens is 2. The third kappa shape index (κ3) is 2.03. The Hall–Kier alpha value is -0.830. The van der Waals surface area contributed by atoms with E-state index in [-0.39, 0.29) is 0 Å². The fourth-order valence-corrected chi connectivity index (χ4v) is 4.09. The van der Waals surface area contributed by atoms with Gasteiger partial charge in [0.2, 0.25) is 0 Å². The van der Waals surface area contributed by atoms with Gasteiger partial charge in [-0.15, -0.1) is 0 Å². The number of imidazole rings is 1. The predicted octanol–water partition coefficient (Wildman–Crippen LogP) is 3.16. The molecule has 0 saturated heterocycles. The van der Waals surface area contributed by atoms with Gasteiger partial charge >= 0.3 is 0 Å². The topological polar surface area (TPSA) is 29.9 Å². The second-order valence-electron chi connectivity index (χ2n) is 6.72. The molecule has 1 aliphatic heterocycles. The van der Waals surface area contributed by atoms with Gasteiger partial charge in [-0.05, 0) is 38.5 Å². The fourth-order valence-electron chi connectivity index (χ4n) is 4.09. The van der Waals surface area contributed by atoms with Crippen molar-refractivity contribution in [3.63, 3.8) is 0 Å². The van der Waals surface area contributed by atoms with Gasteiger partial charge in [-0.3, -0.25) is 0 Å². The highest BCUT2D eigenvalue weighted by Gasteiger charge is 2.35. The van der Waals surface area contributed by atoms with Crippen molar-refractivity contribution in [2.75, 3.05) is 6.54 Å². The fraction of sp³-hybridized carbons (Fsp3) is 0.812. The lowest BCUT2D eigenvalue weighted by Gasteiger charge is -2.26. The second kappa shape index (κ2) is 4.62. The Kier molecular flexibility index (Phi) is 2.91. The third-order valence-corrected chi connectivity index (χ3v) is 5.38. The van der Waals surface area contributed by atoms with E-state index >= 15 is 0 Å². The zero-order valence-corrected chi connectivity index (χ0v) is 12.0. The van der Waals surface area contributed by atoms with Crippen LogP contribution in [0, 0.1) is 5.92 Å². The standard InChI is InChI=1S/C16H25N3/c1-11(12-4-2-3-5-12)19-15-8-9-17-10-14(15)18-16(19)13-6-7-13/h11-13,17H,2-10H2,1H3. The van der Waals surface area contributed by atoms with E-state index in [2.05, 4.69) is 16.8 Å². The average molecular weight is 259 g/mol. The molecule has 0 amide bonds. The van der Waals surface area contributed by atoms with Crippen molar-refractivity contribution in [1.29, 1.82) is 0 Å². The lowest BCUT2D eigenvalue weighted by molar-refractivity contribution is 0.343. The number of hydrogen-bond acceptors (Lipinski definition) is 2. The first-order valence-corrected chi connectivity index (χ1v) is 8.15. The summed E-state index contributed by atoms with van der Waals surface area (Å²) in [5.41, 5.74) is 2.90. The van der Waals surface area contributed by atoms with Gasteiger partial charge in [-0.25, -0.2) is 4.98 Å². The summed E-state index contributed by atoms with van der Waals surface area (Å²) in [4.78, 5) is 5.01. The molecule has 3 aliphatic rings. The van der Waals surface area contributed by atoms with Crippen molar-refractivity contribution >= 4 is 0 Å². The number of nitrogens with zero attached hydrogens (tertiary/aromatic N) is 2. The summed E-state index contributed by atoms with van der Waals surface area (Å²) in [6.45, 7) is 4.56. The highest BCUT2D eigenvalue weighted by Crippen LogP contribution is 2.44. The number of nitrogens with one attached hydrogen (secondary N) is 1. The normalized spacial score (nSPS) is 25.5. The Morgan fingerprint density at radius 3 is 2.74 bits per heavy atom. The van der Waals surface area contributed by atoms with Gasteiger partial charge in [0.05, 0.1) is 5.69 Å². The van der Waals surface area contributed by atoms with Gasteiger partial charge in [0.25, 0.3) is 0 Å². The van der Waals surface area contributed by atoms with E-state index in [0.29, 0.717) is 6.04 Å². The van der Waals surface area contributed by atoms with E-state index in [1.54, 1.807) is 5.69 Å². The maximum absolute atomic E-state index is 5.01. The van der Waals surface area contributed by atoms with E-state index in [1.807, 2.05) is 0 Å². The van der Waals surface area contributed by atoms with Crippen LogP contribution in [0.2, 0.25) is 0 Å². The maximum Gasteiger partial charge on any atom is 0.112 e. The first-order chi connectivity index (χ1) is 9.34. The second-order valence-corrected chi connectivity index (χ2v) is 6.72. The van der Waals surface area contributed by atoms with Crippen LogP contribution >= 0.6 is 0 Å². The molecule has 19 heavy (non-hydrogen) atoms. The highest BCUT2D eigenvalue weighted by molar-refractivity contribution is 5.25. The Morgan fingerprint density at radius 2 is 2.00 bits per heavy atom. The molecule has 2 saturated carbocycles. The third-order valence-electron chi connectivity index (χ3n) is 5.38. The molecular weight excluding hydrogens is 234 g/mol. The lowest BCUT2D eigenvalue weighted by atomic mass is 9.98. The molecule has 1 aromatic rings. The molecule has 4 rings (SSSR count). The summed E-state index contributed by atoms with van der Waals surface area (Å²) >= 11 is 0. The van der Waals surface area contributed by atoms with Crippen molar-refractivity contribution in [2.45, 2.75) is 70.4 Å². The molecule has 1 aromatic heterocycles. The molecular formula is C16H25N3. The van der Waals surface area contributed by atoms with Crippen molar-refractivity contribution in [1.82, 2.24) is 14.9 Å². The molecule has 0 aromatic carbocycles. The van der Waals surface area contributed by atoms with Crippen molar-refractivity contribution in [2.24, 2.45) is 5.92 Å². The van der Waals surface area contributed by atoms with Crippen LogP contribution < -0.4 is 5.32 Å². The van der Waals surface area contributed by atoms with E-state index in [1.165, 1.54) is 56.5 Å². The zero-order chi connectivity index (χ0) is 12.8. The summed E-state index contributed by atoms with van der Waals surface area (Å²) in [7, 11) is 0. The molecule has 0 radical (unpaired) electrons. The molecule has 0 bridgehead atoms. The van der Waals surface area contributed by atoms with Gasteiger partial charge in [0, 0.05) is 37.2 Å². The first kappa shape index (κ1) is 12.0. The number of rotatable bonds is 3. The van der Waals surface area contributed by atoms with Crippen LogP contribution in [0.5, 0.6) is 0 Å². The number of hydrogen-bond donors (Lipinski definition) is 1. The molecule has 0 spiro atoms. The van der Waals surface area contributed by atoms with Gasteiger partial charge in [0.15, 0.2) is 0 Å². The minimum atomic E-state index is 0.674. The van der Waals surface area contributed by atoms with Crippen LogP contribution in [0.15, 0.2) is 0 Å². The van der Waals surface area contributed by atoms with Crippen LogP contribution in [-0.2, 0) is 13.0 Å². The summed E-state index contributed by atoms with van der Waals surface area (Å²) in [5.74, 6) is 3.09. The Balaban J connectivity index is 1.73. The van der Waals surface area contributed by atoms with Crippen molar-refractivity contribution in [3.05, 3.63) is 17.2 Å². The van der Waals surface area contributed by atoms with Crippen LogP contribution in [0.3, 0.4) is 0 Å². The SMILES string of the molecule is CC(C1CCCC1)n1c(C2CC2)nc2c1CCNC2. The van der Waals surface area contributed by atoms with Crippen LogP contribution in [0.25, 0.3) is 0 Å². The molecule has 104 valence electrons. The predicted molar refractivity (Wildman–Crippen MR) is 76.3 cm³/mol. The molecule has 2 heterocycles. The molecule has 3 heteroatoms. The first-order valence-electron chi connectivity index (χ1n) is 8.15. The van der Waals surface area contributed by atoms with Crippen LogP contribution in [-0.4, -0.2) is 16.1 Å². The van der Waals surface area contributed by atoms with Crippen LogP contribution in [0.1, 0.15) is 74.6 Å². The van der Waals surface area contributed by atoms with Crippen molar-refractivity contribution < 1.29 is 0 Å².